The van der Waals surface area contributed by atoms with Gasteiger partial charge in [-0.05, 0) is 54.2 Å². The summed E-state index contributed by atoms with van der Waals surface area (Å²) >= 11 is 0. The molecule has 0 spiro atoms. The molecule has 4 N–H and O–H groups in total. The molecule has 1 saturated heterocycles. The smallest absolute Gasteiger partial charge is 0.167 e. The first-order chi connectivity index (χ1) is 12.5. The number of Topliss-reactive ketones (excluding diaryl/α,β-unsaturated/α-hetero) is 1. The fourth-order valence-corrected chi connectivity index (χ4v) is 3.13. The summed E-state index contributed by atoms with van der Waals surface area (Å²) in [5.74, 6) is 0.609. The molecule has 0 saturated carbocycles. The van der Waals surface area contributed by atoms with E-state index in [2.05, 4.69) is 18.2 Å². The van der Waals surface area contributed by atoms with Crippen LogP contribution in [0.15, 0.2) is 30.3 Å². The summed E-state index contributed by atoms with van der Waals surface area (Å²) in [4.78, 5) is 11.1. The number of aryl methyl sites for hydroxylation is 1. The zero-order valence-corrected chi connectivity index (χ0v) is 15.4. The molecule has 3 rings (SSSR count). The molecule has 5 nitrogen and oxygen atoms in total. The minimum atomic E-state index is -0.0173. The Morgan fingerprint density at radius 3 is 2.65 bits per heavy atom. The number of rotatable bonds is 8. The quantitative estimate of drug-likeness (QED) is 0.561. The molecule has 0 aliphatic carbocycles. The second-order valence-corrected chi connectivity index (χ2v) is 6.94. The highest BCUT2D eigenvalue weighted by molar-refractivity contribution is 5.77. The van der Waals surface area contributed by atoms with E-state index in [1.807, 2.05) is 13.0 Å². The van der Waals surface area contributed by atoms with Crippen LogP contribution in [-0.4, -0.2) is 25.1 Å². The Labute approximate surface area is 154 Å². The van der Waals surface area contributed by atoms with Crippen LogP contribution in [0.2, 0.25) is 0 Å². The van der Waals surface area contributed by atoms with E-state index in [1.165, 1.54) is 18.1 Å². The van der Waals surface area contributed by atoms with Gasteiger partial charge in [-0.15, -0.1) is 0 Å². The Kier molecular flexibility index (Phi) is 5.59. The lowest BCUT2D eigenvalue weighted by molar-refractivity contribution is -0.118. The first-order valence-corrected chi connectivity index (χ1v) is 8.90. The van der Waals surface area contributed by atoms with Gasteiger partial charge in [0.2, 0.25) is 0 Å². The molecule has 1 unspecified atom stereocenters. The van der Waals surface area contributed by atoms with Crippen molar-refractivity contribution in [1.82, 2.24) is 0 Å². The molecule has 0 bridgehead atoms. The van der Waals surface area contributed by atoms with E-state index in [4.69, 9.17) is 20.9 Å². The molecule has 0 aromatic heterocycles. The van der Waals surface area contributed by atoms with Gasteiger partial charge in [0, 0.05) is 24.7 Å². The lowest BCUT2D eigenvalue weighted by atomic mass is 9.94. The Morgan fingerprint density at radius 1 is 1.27 bits per heavy atom. The first-order valence-electron chi connectivity index (χ1n) is 8.90. The summed E-state index contributed by atoms with van der Waals surface area (Å²) in [6, 6.07) is 10.2. The summed E-state index contributed by atoms with van der Waals surface area (Å²) in [5.41, 5.74) is 18.6. The van der Waals surface area contributed by atoms with Crippen molar-refractivity contribution in [2.75, 3.05) is 18.9 Å². The van der Waals surface area contributed by atoms with Gasteiger partial charge in [0.05, 0.1) is 12.7 Å². The summed E-state index contributed by atoms with van der Waals surface area (Å²) in [5, 5.41) is 0. The number of anilines is 1. The highest BCUT2D eigenvalue weighted by Gasteiger charge is 2.23. The number of hydrogen-bond donors (Lipinski definition) is 2. The standard InChI is InChI=1S/C21H26N2O3/c1-13-5-18(25-11-14(2)24)9-21(23)20(13)7-15-3-4-16(8-19-12-26-19)17(6-15)10-22/h3-6,9,19H,7-8,10-12,22-23H2,1-2H3. The number of nitrogen functional groups attached to an aromatic ring is 1. The lowest BCUT2D eigenvalue weighted by Gasteiger charge is -2.15. The number of benzene rings is 2. The highest BCUT2D eigenvalue weighted by Crippen LogP contribution is 2.28. The van der Waals surface area contributed by atoms with Gasteiger partial charge in [0.25, 0.3) is 0 Å². The van der Waals surface area contributed by atoms with Crippen molar-refractivity contribution in [1.29, 1.82) is 0 Å². The number of ether oxygens (including phenoxy) is 2. The largest absolute Gasteiger partial charge is 0.486 e. The van der Waals surface area contributed by atoms with E-state index in [9.17, 15) is 4.79 Å². The predicted molar refractivity (Wildman–Crippen MR) is 102 cm³/mol. The van der Waals surface area contributed by atoms with Crippen molar-refractivity contribution in [3.8, 4) is 5.75 Å². The number of hydrogen-bond acceptors (Lipinski definition) is 5. The lowest BCUT2D eigenvalue weighted by Crippen LogP contribution is -2.08. The number of carbonyl (C=O) groups is 1. The van der Waals surface area contributed by atoms with Crippen LogP contribution in [0, 0.1) is 6.92 Å². The molecule has 1 atom stereocenters. The topological polar surface area (TPSA) is 90.9 Å². The molecule has 1 aliphatic rings. The average molecular weight is 354 g/mol. The maximum absolute atomic E-state index is 11.1. The van der Waals surface area contributed by atoms with Crippen molar-refractivity contribution < 1.29 is 14.3 Å². The average Bonchev–Trinajstić information content (AvgIpc) is 3.41. The van der Waals surface area contributed by atoms with Crippen molar-refractivity contribution in [2.45, 2.75) is 39.3 Å². The van der Waals surface area contributed by atoms with Gasteiger partial charge in [-0.25, -0.2) is 0 Å². The van der Waals surface area contributed by atoms with Crippen LogP contribution in [0.25, 0.3) is 0 Å². The molecule has 2 aromatic carbocycles. The Morgan fingerprint density at radius 2 is 2.04 bits per heavy atom. The third kappa shape index (κ3) is 4.62. The Balaban J connectivity index is 1.78. The van der Waals surface area contributed by atoms with Crippen LogP contribution in [0.5, 0.6) is 5.75 Å². The van der Waals surface area contributed by atoms with Gasteiger partial charge in [-0.2, -0.15) is 0 Å². The fourth-order valence-electron chi connectivity index (χ4n) is 3.13. The van der Waals surface area contributed by atoms with E-state index in [-0.39, 0.29) is 12.4 Å². The van der Waals surface area contributed by atoms with E-state index in [0.29, 0.717) is 24.1 Å². The van der Waals surface area contributed by atoms with Crippen LogP contribution in [0.4, 0.5) is 5.69 Å². The summed E-state index contributed by atoms with van der Waals surface area (Å²) < 4.78 is 10.8. The molecule has 2 aromatic rings. The fraction of sp³-hybridized carbons (Fsp3) is 0.381. The van der Waals surface area contributed by atoms with E-state index in [1.54, 1.807) is 6.07 Å². The number of nitrogens with two attached hydrogens (primary N) is 2. The molecule has 26 heavy (non-hydrogen) atoms. The molecule has 0 amide bonds. The van der Waals surface area contributed by atoms with Crippen LogP contribution < -0.4 is 16.2 Å². The monoisotopic (exact) mass is 354 g/mol. The maximum atomic E-state index is 11.1. The van der Waals surface area contributed by atoms with Gasteiger partial charge >= 0.3 is 0 Å². The zero-order chi connectivity index (χ0) is 18.7. The number of carbonyl (C=O) groups excluding carboxylic acids is 1. The maximum Gasteiger partial charge on any atom is 0.167 e. The highest BCUT2D eigenvalue weighted by atomic mass is 16.6. The summed E-state index contributed by atoms with van der Waals surface area (Å²) in [7, 11) is 0. The minimum Gasteiger partial charge on any atom is -0.486 e. The van der Waals surface area contributed by atoms with Gasteiger partial charge in [0.15, 0.2) is 5.78 Å². The molecule has 0 radical (unpaired) electrons. The molecule has 1 fully saturated rings. The normalized spacial score (nSPS) is 15.7. The van der Waals surface area contributed by atoms with E-state index >= 15 is 0 Å². The number of epoxide rings is 1. The molecule has 5 heteroatoms. The van der Waals surface area contributed by atoms with Gasteiger partial charge < -0.3 is 20.9 Å². The van der Waals surface area contributed by atoms with Crippen LogP contribution in [0.1, 0.15) is 34.7 Å². The number of ketones is 1. The van der Waals surface area contributed by atoms with Crippen molar-refractivity contribution in [2.24, 2.45) is 5.73 Å². The first kappa shape index (κ1) is 18.4. The third-order valence-electron chi connectivity index (χ3n) is 4.64. The van der Waals surface area contributed by atoms with Crippen LogP contribution in [0.3, 0.4) is 0 Å². The molecular weight excluding hydrogens is 328 g/mol. The van der Waals surface area contributed by atoms with Crippen molar-refractivity contribution in [3.63, 3.8) is 0 Å². The van der Waals surface area contributed by atoms with Gasteiger partial charge in [0.1, 0.15) is 12.4 Å². The van der Waals surface area contributed by atoms with Crippen LogP contribution in [-0.2, 0) is 28.9 Å². The van der Waals surface area contributed by atoms with E-state index in [0.717, 1.165) is 36.1 Å². The summed E-state index contributed by atoms with van der Waals surface area (Å²) in [6.45, 7) is 4.93. The summed E-state index contributed by atoms with van der Waals surface area (Å²) in [6.07, 6.45) is 2.01. The molecular formula is C21H26N2O3. The van der Waals surface area contributed by atoms with Gasteiger partial charge in [-0.1, -0.05) is 18.2 Å². The van der Waals surface area contributed by atoms with Crippen molar-refractivity contribution in [3.05, 3.63) is 58.1 Å². The third-order valence-corrected chi connectivity index (χ3v) is 4.64. The SMILES string of the molecule is CC(=O)COc1cc(C)c(Cc2ccc(CC3CO3)c(CN)c2)c(N)c1. The second kappa shape index (κ2) is 7.89. The van der Waals surface area contributed by atoms with E-state index < -0.39 is 0 Å². The molecule has 138 valence electrons. The second-order valence-electron chi connectivity index (χ2n) is 6.94. The zero-order valence-electron chi connectivity index (χ0n) is 15.4. The van der Waals surface area contributed by atoms with Gasteiger partial charge in [-0.3, -0.25) is 4.79 Å². The Hall–Kier alpha value is -2.37. The van der Waals surface area contributed by atoms with Crippen LogP contribution >= 0.6 is 0 Å². The predicted octanol–water partition coefficient (Wildman–Crippen LogP) is 2.54. The molecule has 1 aliphatic heterocycles. The Bertz CT molecular complexity index is 790. The minimum absolute atomic E-state index is 0.0173. The van der Waals surface area contributed by atoms with Crippen molar-refractivity contribution >= 4 is 11.5 Å². The molecule has 1 heterocycles.